The minimum Gasteiger partial charge on any atom is -0.368 e. The number of ketones is 1. The van der Waals surface area contributed by atoms with Gasteiger partial charge in [0, 0.05) is 20.6 Å². The molecule has 1 aromatic carbocycles. The summed E-state index contributed by atoms with van der Waals surface area (Å²) in [7, 11) is 3.11. The summed E-state index contributed by atoms with van der Waals surface area (Å²) in [5, 5.41) is 13.1. The molecule has 16 nitrogen and oxygen atoms in total. The number of likely N-dealkylation sites (tertiary alicyclic amines) is 1. The van der Waals surface area contributed by atoms with E-state index in [0.717, 1.165) is 0 Å². The molecule has 3 fully saturated rings. The van der Waals surface area contributed by atoms with E-state index in [9.17, 15) is 38.4 Å². The maximum absolute atomic E-state index is 14.3. The Labute approximate surface area is 322 Å². The number of rotatable bonds is 16. The van der Waals surface area contributed by atoms with Gasteiger partial charge in [0.1, 0.15) is 30.2 Å². The Balaban J connectivity index is 1.46. The van der Waals surface area contributed by atoms with Crippen molar-refractivity contribution in [2.75, 3.05) is 27.2 Å². The summed E-state index contributed by atoms with van der Waals surface area (Å²) < 4.78 is 0. The van der Waals surface area contributed by atoms with E-state index in [2.05, 4.69) is 26.6 Å². The molecule has 4 rings (SSSR count). The van der Waals surface area contributed by atoms with E-state index in [0.29, 0.717) is 24.8 Å². The Bertz CT molecular complexity index is 1670. The molecule has 2 aliphatic carbocycles. The second-order valence-corrected chi connectivity index (χ2v) is 17.1. The van der Waals surface area contributed by atoms with E-state index in [-0.39, 0.29) is 41.5 Å². The van der Waals surface area contributed by atoms with E-state index in [4.69, 9.17) is 5.73 Å². The number of urea groups is 1. The van der Waals surface area contributed by atoms with E-state index in [1.165, 1.54) is 9.80 Å². The third-order valence-corrected chi connectivity index (χ3v) is 11.4. The first-order valence-electron chi connectivity index (χ1n) is 19.0. The van der Waals surface area contributed by atoms with E-state index in [1.54, 1.807) is 72.1 Å². The predicted octanol–water partition coefficient (Wildman–Crippen LogP) is 0.609. The van der Waals surface area contributed by atoms with Crippen LogP contribution in [0.1, 0.15) is 79.3 Å². The monoisotopic (exact) mass is 766 g/mol. The number of piperidine rings is 1. The highest BCUT2D eigenvalue weighted by Crippen LogP contribution is 2.65. The molecule has 7 N–H and O–H groups in total. The molecule has 8 atom stereocenters. The average Bonchev–Trinajstić information content (AvgIpc) is 4.00. The van der Waals surface area contributed by atoms with Crippen LogP contribution in [0.2, 0.25) is 0 Å². The molecule has 16 heteroatoms. The fourth-order valence-corrected chi connectivity index (χ4v) is 7.53. The highest BCUT2D eigenvalue weighted by atomic mass is 16.2. The number of hydrogen-bond acceptors (Lipinski definition) is 8. The van der Waals surface area contributed by atoms with Crippen LogP contribution in [0.5, 0.6) is 0 Å². The third-order valence-electron chi connectivity index (χ3n) is 11.4. The second kappa shape index (κ2) is 16.8. The normalized spacial score (nSPS) is 22.3. The summed E-state index contributed by atoms with van der Waals surface area (Å²) in [5.74, 6) is -5.65. The summed E-state index contributed by atoms with van der Waals surface area (Å²) in [6, 6.07) is 2.62. The molecule has 1 aromatic rings. The molecule has 55 heavy (non-hydrogen) atoms. The van der Waals surface area contributed by atoms with Crippen molar-refractivity contribution in [2.45, 2.75) is 97.9 Å². The van der Waals surface area contributed by atoms with Crippen LogP contribution in [0, 0.1) is 34.5 Å². The van der Waals surface area contributed by atoms with Crippen LogP contribution >= 0.6 is 0 Å². The van der Waals surface area contributed by atoms with Crippen molar-refractivity contribution in [1.82, 2.24) is 36.4 Å². The molecule has 2 saturated carbocycles. The van der Waals surface area contributed by atoms with E-state index >= 15 is 0 Å². The number of Topliss-reactive ketones (excluding diaryl/α,β-unsaturated/α-hetero) is 1. The molecular formula is C39H58N8O8. The number of hydrogen-bond donors (Lipinski definition) is 6. The number of carbonyl (C=O) groups is 8. The SMILES string of the molecule is CC[C@H](C)[C@H](NC(=O)N[C@H](C(=O)N1C[C@H]2[C@@H]([C@H]1C(=O)NC(C(=O)C(=O)NCC(=O)NC(C(=O)N(C)C)c1ccccc1)C1CC1)C2(C)C)C(C)(C)C)C(N)=O. The highest BCUT2D eigenvalue weighted by molar-refractivity contribution is 6.38. The largest absolute Gasteiger partial charge is 0.368 e. The van der Waals surface area contributed by atoms with Crippen molar-refractivity contribution in [3.05, 3.63) is 35.9 Å². The summed E-state index contributed by atoms with van der Waals surface area (Å²) in [6.07, 6.45) is 1.76. The lowest BCUT2D eigenvalue weighted by Crippen LogP contribution is -2.62. The number of fused-ring (bicyclic) bond motifs is 1. The first-order valence-corrected chi connectivity index (χ1v) is 19.0. The summed E-state index contributed by atoms with van der Waals surface area (Å²) in [5.41, 5.74) is 5.00. The lowest BCUT2D eigenvalue weighted by molar-refractivity contribution is -0.145. The molecule has 0 bridgehead atoms. The number of benzene rings is 1. The van der Waals surface area contributed by atoms with Crippen LogP contribution in [0.25, 0.3) is 0 Å². The van der Waals surface area contributed by atoms with Gasteiger partial charge in [-0.25, -0.2) is 4.79 Å². The third kappa shape index (κ3) is 9.81. The first-order chi connectivity index (χ1) is 25.6. The standard InChI is InChI=1S/C39H58N8O8/c1-10-20(2)26(32(40)50)44-37(55)45-31(38(3,4)5)36(54)47-19-23-25(39(23,6)7)29(47)33(51)43-27(22-16-17-22)30(49)34(52)41-18-24(48)42-28(35(53)46(8)9)21-14-12-11-13-15-21/h11-15,20,22-23,25-29,31H,10,16-19H2,1-9H3,(H2,40,50)(H,41,52)(H,42,48)(H,43,51)(H2,44,45,55)/t20-,23-,25-,26-,27?,28?,29-,31+/m0/s1. The van der Waals surface area contributed by atoms with Gasteiger partial charge in [-0.2, -0.15) is 0 Å². The van der Waals surface area contributed by atoms with Crippen LogP contribution in [0.15, 0.2) is 30.3 Å². The van der Waals surface area contributed by atoms with Crippen LogP contribution in [-0.4, -0.2) is 108 Å². The Kier molecular flexibility index (Phi) is 13.0. The molecule has 0 radical (unpaired) electrons. The topological polar surface area (TPSA) is 229 Å². The van der Waals surface area contributed by atoms with Gasteiger partial charge in [-0.1, -0.05) is 85.2 Å². The second-order valence-electron chi connectivity index (χ2n) is 17.1. The molecule has 1 heterocycles. The van der Waals surface area contributed by atoms with Gasteiger partial charge in [-0.05, 0) is 52.9 Å². The number of nitrogens with zero attached hydrogens (tertiary/aromatic N) is 2. The van der Waals surface area contributed by atoms with E-state index in [1.807, 2.05) is 20.8 Å². The maximum Gasteiger partial charge on any atom is 0.316 e. The highest BCUT2D eigenvalue weighted by Gasteiger charge is 2.70. The van der Waals surface area contributed by atoms with Gasteiger partial charge in [-0.3, -0.25) is 33.6 Å². The Morgan fingerprint density at radius 3 is 2.09 bits per heavy atom. The molecular weight excluding hydrogens is 708 g/mol. The summed E-state index contributed by atoms with van der Waals surface area (Å²) >= 11 is 0. The smallest absolute Gasteiger partial charge is 0.316 e. The fraction of sp³-hybridized carbons (Fsp3) is 0.641. The molecule has 0 spiro atoms. The maximum atomic E-state index is 14.3. The van der Waals surface area contributed by atoms with Crippen molar-refractivity contribution in [1.29, 1.82) is 0 Å². The van der Waals surface area contributed by atoms with Crippen LogP contribution in [-0.2, 0) is 33.6 Å². The summed E-state index contributed by atoms with van der Waals surface area (Å²) in [4.78, 5) is 109. The Hall–Kier alpha value is -5.02. The number of amides is 8. The zero-order valence-electron chi connectivity index (χ0n) is 33.4. The number of likely N-dealkylation sites (N-methyl/N-ethyl adjacent to an activating group) is 1. The zero-order valence-corrected chi connectivity index (χ0v) is 33.4. The van der Waals surface area contributed by atoms with Gasteiger partial charge >= 0.3 is 6.03 Å². The van der Waals surface area contributed by atoms with Crippen molar-refractivity contribution >= 4 is 47.3 Å². The molecule has 2 unspecified atom stereocenters. The van der Waals surface area contributed by atoms with Crippen molar-refractivity contribution < 1.29 is 38.4 Å². The van der Waals surface area contributed by atoms with Gasteiger partial charge in [-0.15, -0.1) is 0 Å². The van der Waals surface area contributed by atoms with Crippen molar-refractivity contribution in [3.63, 3.8) is 0 Å². The molecule has 8 amide bonds. The average molecular weight is 767 g/mol. The van der Waals surface area contributed by atoms with E-state index < -0.39 is 83.5 Å². The van der Waals surface area contributed by atoms with Gasteiger partial charge in [0.25, 0.3) is 5.91 Å². The molecule has 0 aromatic heterocycles. The number of nitrogens with two attached hydrogens (primary N) is 1. The number of carbonyl (C=O) groups excluding carboxylic acids is 8. The van der Waals surface area contributed by atoms with Gasteiger partial charge in [0.15, 0.2) is 0 Å². The zero-order chi connectivity index (χ0) is 41.2. The fourth-order valence-electron chi connectivity index (χ4n) is 7.53. The quantitative estimate of drug-likeness (QED) is 0.130. The minimum absolute atomic E-state index is 0.0118. The lowest BCUT2D eigenvalue weighted by Gasteiger charge is -2.38. The summed E-state index contributed by atoms with van der Waals surface area (Å²) in [6.45, 7) is 12.6. The minimum atomic E-state index is -1.19. The van der Waals surface area contributed by atoms with Crippen LogP contribution in [0.3, 0.4) is 0 Å². The molecule has 1 saturated heterocycles. The van der Waals surface area contributed by atoms with Gasteiger partial charge < -0.3 is 42.1 Å². The molecule has 1 aliphatic heterocycles. The van der Waals surface area contributed by atoms with Gasteiger partial charge in [0.05, 0.1) is 6.54 Å². The van der Waals surface area contributed by atoms with Crippen LogP contribution < -0.4 is 32.3 Å². The van der Waals surface area contributed by atoms with Gasteiger partial charge in [0.2, 0.25) is 35.3 Å². The Morgan fingerprint density at radius 1 is 0.945 bits per heavy atom. The Morgan fingerprint density at radius 2 is 1.56 bits per heavy atom. The predicted molar refractivity (Wildman–Crippen MR) is 202 cm³/mol. The van der Waals surface area contributed by atoms with Crippen LogP contribution in [0.4, 0.5) is 4.79 Å². The number of nitrogens with one attached hydrogen (secondary N) is 5. The molecule has 302 valence electrons. The van der Waals surface area contributed by atoms with Crippen molar-refractivity contribution in [2.24, 2.45) is 40.2 Å². The first kappa shape index (κ1) is 42.7. The number of primary amides is 1. The van der Waals surface area contributed by atoms with Crippen molar-refractivity contribution in [3.8, 4) is 0 Å². The lowest BCUT2D eigenvalue weighted by atomic mass is 9.85. The molecule has 3 aliphatic rings.